The summed E-state index contributed by atoms with van der Waals surface area (Å²) in [6, 6.07) is 0. The molecule has 0 aromatic heterocycles. The highest BCUT2D eigenvalue weighted by Crippen LogP contribution is 2.17. The minimum Gasteiger partial charge on any atom is -0.481 e. The Balaban J connectivity index is 0.00000441. The predicted molar refractivity (Wildman–Crippen MR) is 90.3 cm³/mol. The minimum atomic E-state index is -0.706. The lowest BCUT2D eigenvalue weighted by Gasteiger charge is -2.33. The maximum Gasteiger partial charge on any atom is 0.306 e. The normalized spacial score (nSPS) is 16.6. The number of piperidine rings is 1. The number of carbonyl (C=O) groups excluding carboxylic acids is 1. The summed E-state index contributed by atoms with van der Waals surface area (Å²) in [4.78, 5) is 27.5. The number of hydrogen-bond acceptors (Lipinski definition) is 3. The van der Waals surface area contributed by atoms with Crippen LogP contribution in [0.15, 0.2) is 0 Å². The van der Waals surface area contributed by atoms with Gasteiger partial charge in [0.05, 0.1) is 12.5 Å². The molecule has 0 spiro atoms. The van der Waals surface area contributed by atoms with Crippen LogP contribution in [0.25, 0.3) is 0 Å². The van der Waals surface area contributed by atoms with Crippen molar-refractivity contribution >= 4 is 24.3 Å². The van der Waals surface area contributed by atoms with E-state index in [4.69, 9.17) is 5.11 Å². The molecule has 0 aliphatic carbocycles. The number of carbonyl (C=O) groups is 2. The third-order valence-corrected chi connectivity index (χ3v) is 3.82. The highest BCUT2D eigenvalue weighted by atomic mass is 35.5. The molecule has 22 heavy (non-hydrogen) atoms. The molecule has 6 heteroatoms. The summed E-state index contributed by atoms with van der Waals surface area (Å²) >= 11 is 0. The molecular weight excluding hydrogens is 304 g/mol. The topological polar surface area (TPSA) is 60.9 Å². The zero-order valence-corrected chi connectivity index (χ0v) is 15.1. The first-order valence-corrected chi connectivity index (χ1v) is 8.02. The number of hydrogen-bond donors (Lipinski definition) is 1. The third kappa shape index (κ3) is 7.45. The monoisotopic (exact) mass is 334 g/mol. The van der Waals surface area contributed by atoms with E-state index in [1.54, 1.807) is 0 Å². The van der Waals surface area contributed by atoms with E-state index in [-0.39, 0.29) is 24.2 Å². The van der Waals surface area contributed by atoms with Gasteiger partial charge in [-0.25, -0.2) is 0 Å². The average Bonchev–Trinajstić information content (AvgIpc) is 2.37. The maximum absolute atomic E-state index is 12.5. The molecule has 1 heterocycles. The Labute approximate surface area is 140 Å². The van der Waals surface area contributed by atoms with E-state index in [0.29, 0.717) is 44.3 Å². The van der Waals surface area contributed by atoms with Gasteiger partial charge < -0.3 is 10.0 Å². The van der Waals surface area contributed by atoms with E-state index >= 15 is 0 Å². The molecule has 5 nitrogen and oxygen atoms in total. The first kappa shape index (κ1) is 21.2. The van der Waals surface area contributed by atoms with E-state index in [1.165, 1.54) is 0 Å². The smallest absolute Gasteiger partial charge is 0.306 e. The quantitative estimate of drug-likeness (QED) is 0.776. The lowest BCUT2D eigenvalue weighted by Crippen LogP contribution is -2.46. The fourth-order valence-corrected chi connectivity index (χ4v) is 2.79. The number of nitrogens with zero attached hydrogens (tertiary/aromatic N) is 2. The van der Waals surface area contributed by atoms with Crippen LogP contribution >= 0.6 is 12.4 Å². The highest BCUT2D eigenvalue weighted by Gasteiger charge is 2.26. The minimum absolute atomic E-state index is 0. The first-order chi connectivity index (χ1) is 9.79. The fraction of sp³-hybridized carbons (Fsp3) is 0.875. The summed E-state index contributed by atoms with van der Waals surface area (Å²) in [5.41, 5.74) is 0. The van der Waals surface area contributed by atoms with Crippen molar-refractivity contribution in [1.29, 1.82) is 0 Å². The molecule has 0 unspecified atom stereocenters. The standard InChI is InChI=1S/C16H30N2O3.ClH/c1-12(2)9-18(10-13(3)4)15(19)11-17-7-5-14(6-8-17)16(20)21;/h12-14H,5-11H2,1-4H3,(H,20,21);1H. The van der Waals surface area contributed by atoms with Gasteiger partial charge in [-0.1, -0.05) is 27.7 Å². The Hall–Kier alpha value is -0.810. The Morgan fingerprint density at radius 2 is 1.55 bits per heavy atom. The number of amides is 1. The molecule has 0 radical (unpaired) electrons. The summed E-state index contributed by atoms with van der Waals surface area (Å²) < 4.78 is 0. The lowest BCUT2D eigenvalue weighted by atomic mass is 9.97. The van der Waals surface area contributed by atoms with Crippen LogP contribution in [0.1, 0.15) is 40.5 Å². The molecule has 1 aliphatic rings. The largest absolute Gasteiger partial charge is 0.481 e. The predicted octanol–water partition coefficient (Wildman–Crippen LogP) is 2.35. The molecule has 1 saturated heterocycles. The highest BCUT2D eigenvalue weighted by molar-refractivity contribution is 5.85. The first-order valence-electron chi connectivity index (χ1n) is 8.02. The van der Waals surface area contributed by atoms with Gasteiger partial charge in [-0.05, 0) is 37.8 Å². The van der Waals surface area contributed by atoms with E-state index in [0.717, 1.165) is 13.1 Å². The van der Waals surface area contributed by atoms with Crippen molar-refractivity contribution in [3.05, 3.63) is 0 Å². The van der Waals surface area contributed by atoms with Gasteiger partial charge >= 0.3 is 5.97 Å². The summed E-state index contributed by atoms with van der Waals surface area (Å²) in [7, 11) is 0. The number of rotatable bonds is 7. The zero-order chi connectivity index (χ0) is 16.0. The molecule has 0 aromatic carbocycles. The van der Waals surface area contributed by atoms with Gasteiger partial charge in [0.2, 0.25) is 5.91 Å². The SMILES string of the molecule is CC(C)CN(CC(C)C)C(=O)CN1CCC(C(=O)O)CC1.Cl. The van der Waals surface area contributed by atoms with Crippen LogP contribution in [-0.2, 0) is 9.59 Å². The van der Waals surface area contributed by atoms with Gasteiger partial charge in [0.1, 0.15) is 0 Å². The van der Waals surface area contributed by atoms with Crippen molar-refractivity contribution in [2.75, 3.05) is 32.7 Å². The van der Waals surface area contributed by atoms with Gasteiger partial charge in [0.25, 0.3) is 0 Å². The summed E-state index contributed by atoms with van der Waals surface area (Å²) in [6.07, 6.45) is 1.30. The summed E-state index contributed by atoms with van der Waals surface area (Å²) in [5.74, 6) is 0.156. The van der Waals surface area contributed by atoms with E-state index < -0.39 is 5.97 Å². The second kappa shape index (κ2) is 10.1. The van der Waals surface area contributed by atoms with Gasteiger partial charge in [0, 0.05) is 13.1 Å². The Morgan fingerprint density at radius 1 is 1.09 bits per heavy atom. The molecule has 1 aliphatic heterocycles. The zero-order valence-electron chi connectivity index (χ0n) is 14.2. The molecule has 1 amide bonds. The van der Waals surface area contributed by atoms with Gasteiger partial charge in [-0.15, -0.1) is 12.4 Å². The molecular formula is C16H31ClN2O3. The molecule has 0 saturated carbocycles. The lowest BCUT2D eigenvalue weighted by molar-refractivity contribution is -0.143. The number of halogens is 1. The van der Waals surface area contributed by atoms with Crippen molar-refractivity contribution < 1.29 is 14.7 Å². The van der Waals surface area contributed by atoms with Crippen molar-refractivity contribution in [3.8, 4) is 0 Å². The Kier molecular flexibility index (Phi) is 9.69. The Morgan fingerprint density at radius 3 is 1.91 bits per heavy atom. The Bertz CT molecular complexity index is 343. The van der Waals surface area contributed by atoms with E-state index in [2.05, 4.69) is 32.6 Å². The third-order valence-electron chi connectivity index (χ3n) is 3.82. The van der Waals surface area contributed by atoms with Crippen LogP contribution in [0.2, 0.25) is 0 Å². The van der Waals surface area contributed by atoms with Crippen molar-refractivity contribution in [3.63, 3.8) is 0 Å². The molecule has 130 valence electrons. The molecule has 0 aromatic rings. The van der Waals surface area contributed by atoms with Crippen LogP contribution < -0.4 is 0 Å². The van der Waals surface area contributed by atoms with Crippen LogP contribution in [0.3, 0.4) is 0 Å². The molecule has 0 atom stereocenters. The molecule has 1 N–H and O–H groups in total. The van der Waals surface area contributed by atoms with Crippen molar-refractivity contribution in [1.82, 2.24) is 9.80 Å². The average molecular weight is 335 g/mol. The van der Waals surface area contributed by atoms with Gasteiger partial charge in [0.15, 0.2) is 0 Å². The number of carboxylic acids is 1. The van der Waals surface area contributed by atoms with E-state index in [9.17, 15) is 9.59 Å². The van der Waals surface area contributed by atoms with Crippen LogP contribution in [-0.4, -0.2) is 59.5 Å². The fourth-order valence-electron chi connectivity index (χ4n) is 2.79. The van der Waals surface area contributed by atoms with Gasteiger partial charge in [-0.3, -0.25) is 14.5 Å². The molecule has 0 bridgehead atoms. The number of carboxylic acid groups (broad SMARTS) is 1. The molecule has 1 rings (SSSR count). The van der Waals surface area contributed by atoms with Crippen molar-refractivity contribution in [2.45, 2.75) is 40.5 Å². The molecule has 1 fully saturated rings. The maximum atomic E-state index is 12.5. The van der Waals surface area contributed by atoms with Crippen LogP contribution in [0.5, 0.6) is 0 Å². The van der Waals surface area contributed by atoms with Crippen molar-refractivity contribution in [2.24, 2.45) is 17.8 Å². The number of likely N-dealkylation sites (tertiary alicyclic amines) is 1. The second-order valence-corrected chi connectivity index (χ2v) is 6.98. The second-order valence-electron chi connectivity index (χ2n) is 6.98. The van der Waals surface area contributed by atoms with E-state index in [1.807, 2.05) is 4.90 Å². The summed E-state index contributed by atoms with van der Waals surface area (Å²) in [5, 5.41) is 9.00. The van der Waals surface area contributed by atoms with Crippen LogP contribution in [0.4, 0.5) is 0 Å². The van der Waals surface area contributed by atoms with Gasteiger partial charge in [-0.2, -0.15) is 0 Å². The number of aliphatic carboxylic acids is 1. The van der Waals surface area contributed by atoms with Crippen LogP contribution in [0, 0.1) is 17.8 Å². The summed E-state index contributed by atoms with van der Waals surface area (Å²) in [6.45, 7) is 11.9.